The highest BCUT2D eigenvalue weighted by Crippen LogP contribution is 2.31. The number of ether oxygens (including phenoxy) is 1. The minimum atomic E-state index is -4.44. The summed E-state index contributed by atoms with van der Waals surface area (Å²) < 4.78 is 42.9. The van der Waals surface area contributed by atoms with Crippen LogP contribution in [0.4, 0.5) is 13.2 Å². The fourth-order valence-electron chi connectivity index (χ4n) is 1.77. The highest BCUT2D eigenvalue weighted by atomic mass is 19.4. The fraction of sp³-hybridized carbons (Fsp3) is 0.500. The third-order valence-electron chi connectivity index (χ3n) is 3.30. The smallest absolute Gasteiger partial charge is 0.416 e. The van der Waals surface area contributed by atoms with E-state index >= 15 is 0 Å². The quantitative estimate of drug-likeness (QED) is 0.609. The summed E-state index contributed by atoms with van der Waals surface area (Å²) in [6, 6.07) is 3.76. The largest absolute Gasteiger partial charge is 0.492 e. The highest BCUT2D eigenvalue weighted by molar-refractivity contribution is 5.87. The Morgan fingerprint density at radius 1 is 1.24 bits per heavy atom. The number of nitrogens with one attached hydrogen (secondary N) is 2. The van der Waals surface area contributed by atoms with E-state index < -0.39 is 29.6 Å². The lowest BCUT2D eigenvalue weighted by molar-refractivity contribution is -0.137. The predicted molar refractivity (Wildman–Crippen MR) is 85.8 cm³/mol. The van der Waals surface area contributed by atoms with E-state index in [0.717, 1.165) is 12.1 Å². The van der Waals surface area contributed by atoms with Crippen LogP contribution in [0.5, 0.6) is 5.75 Å². The van der Waals surface area contributed by atoms with E-state index in [0.29, 0.717) is 0 Å². The van der Waals surface area contributed by atoms with Crippen molar-refractivity contribution < 1.29 is 27.5 Å². The number of halogens is 3. The summed E-state index contributed by atoms with van der Waals surface area (Å²) in [7, 11) is 0. The van der Waals surface area contributed by atoms with Crippen molar-refractivity contribution in [1.82, 2.24) is 10.6 Å². The molecule has 140 valence electrons. The molecule has 0 spiro atoms. The van der Waals surface area contributed by atoms with E-state index in [2.05, 4.69) is 10.6 Å². The number of alkyl halides is 3. The second-order valence-electron chi connectivity index (χ2n) is 5.71. The van der Waals surface area contributed by atoms with Crippen molar-refractivity contribution in [2.45, 2.75) is 26.1 Å². The van der Waals surface area contributed by atoms with Gasteiger partial charge in [0.25, 0.3) is 0 Å². The molecule has 0 aliphatic heterocycles. The lowest BCUT2D eigenvalue weighted by Gasteiger charge is -2.15. The minimum absolute atomic E-state index is 0.00744. The van der Waals surface area contributed by atoms with Crippen LogP contribution in [-0.4, -0.2) is 37.6 Å². The Morgan fingerprint density at radius 3 is 2.52 bits per heavy atom. The molecular weight excluding hydrogens is 339 g/mol. The monoisotopic (exact) mass is 361 g/mol. The molecule has 1 rings (SSSR count). The molecule has 2 amide bonds. The zero-order valence-electron chi connectivity index (χ0n) is 14.0. The summed E-state index contributed by atoms with van der Waals surface area (Å²) >= 11 is 0. The summed E-state index contributed by atoms with van der Waals surface area (Å²) in [5.74, 6) is -0.869. The van der Waals surface area contributed by atoms with Crippen LogP contribution >= 0.6 is 0 Å². The fourth-order valence-corrected chi connectivity index (χ4v) is 1.77. The summed E-state index contributed by atoms with van der Waals surface area (Å²) in [5, 5.41) is 4.88. The summed E-state index contributed by atoms with van der Waals surface area (Å²) in [6.07, 6.45) is -4.44. The second kappa shape index (κ2) is 9.26. The van der Waals surface area contributed by atoms with Gasteiger partial charge in [0.15, 0.2) is 0 Å². The molecular formula is C16H22F3N3O3. The first-order chi connectivity index (χ1) is 11.6. The molecule has 9 heteroatoms. The Kier molecular flexibility index (Phi) is 7.69. The van der Waals surface area contributed by atoms with Crippen LogP contribution in [0.15, 0.2) is 24.3 Å². The first-order valence-electron chi connectivity index (χ1n) is 7.71. The van der Waals surface area contributed by atoms with Crippen molar-refractivity contribution in [3.8, 4) is 5.75 Å². The molecule has 0 heterocycles. The lowest BCUT2D eigenvalue weighted by atomic mass is 10.1. The molecule has 0 bridgehead atoms. The second-order valence-corrected chi connectivity index (χ2v) is 5.71. The molecule has 1 aromatic carbocycles. The number of hydrogen-bond donors (Lipinski definition) is 3. The summed E-state index contributed by atoms with van der Waals surface area (Å²) in [5.41, 5.74) is 4.82. The third-order valence-corrected chi connectivity index (χ3v) is 3.30. The first-order valence-corrected chi connectivity index (χ1v) is 7.71. The maximum Gasteiger partial charge on any atom is 0.416 e. The Labute approximate surface area is 143 Å². The zero-order valence-corrected chi connectivity index (χ0v) is 14.0. The van der Waals surface area contributed by atoms with Crippen molar-refractivity contribution in [1.29, 1.82) is 0 Å². The molecule has 6 nitrogen and oxygen atoms in total. The van der Waals surface area contributed by atoms with Gasteiger partial charge in [-0.25, -0.2) is 0 Å². The topological polar surface area (TPSA) is 93.5 Å². The molecule has 0 saturated carbocycles. The number of nitrogens with two attached hydrogens (primary N) is 1. The van der Waals surface area contributed by atoms with Crippen LogP contribution in [0.3, 0.4) is 0 Å². The normalized spacial score (nSPS) is 12.6. The highest BCUT2D eigenvalue weighted by Gasteiger charge is 2.30. The van der Waals surface area contributed by atoms with Crippen LogP contribution in [-0.2, 0) is 15.8 Å². The van der Waals surface area contributed by atoms with Gasteiger partial charge in [-0.3, -0.25) is 9.59 Å². The zero-order chi connectivity index (χ0) is 19.0. The molecule has 0 radical (unpaired) electrons. The van der Waals surface area contributed by atoms with Crippen LogP contribution in [0.2, 0.25) is 0 Å². The molecule has 0 aromatic heterocycles. The number of carbonyl (C=O) groups is 2. The van der Waals surface area contributed by atoms with Gasteiger partial charge in [-0.15, -0.1) is 0 Å². The van der Waals surface area contributed by atoms with Crippen molar-refractivity contribution >= 4 is 11.8 Å². The Hall–Kier alpha value is -2.29. The van der Waals surface area contributed by atoms with Gasteiger partial charge in [-0.2, -0.15) is 13.2 Å². The molecule has 0 aliphatic carbocycles. The number of benzene rings is 1. The maximum absolute atomic E-state index is 12.6. The van der Waals surface area contributed by atoms with Crippen LogP contribution in [0, 0.1) is 5.92 Å². The molecule has 1 atom stereocenters. The van der Waals surface area contributed by atoms with Crippen molar-refractivity contribution in [2.75, 3.05) is 19.7 Å². The van der Waals surface area contributed by atoms with Crippen LogP contribution < -0.4 is 21.1 Å². The van der Waals surface area contributed by atoms with Gasteiger partial charge < -0.3 is 21.1 Å². The lowest BCUT2D eigenvalue weighted by Crippen LogP contribution is -2.47. The number of carbonyl (C=O) groups excluding carboxylic acids is 2. The Morgan fingerprint density at radius 2 is 1.92 bits per heavy atom. The minimum Gasteiger partial charge on any atom is -0.492 e. The number of rotatable bonds is 8. The van der Waals surface area contributed by atoms with Crippen LogP contribution in [0.1, 0.15) is 19.4 Å². The van der Waals surface area contributed by atoms with Gasteiger partial charge in [0.2, 0.25) is 11.8 Å². The van der Waals surface area contributed by atoms with Gasteiger partial charge in [-0.1, -0.05) is 19.9 Å². The van der Waals surface area contributed by atoms with Crippen molar-refractivity contribution in [3.05, 3.63) is 29.8 Å². The Bertz CT molecular complexity index is 591. The average Bonchev–Trinajstić information content (AvgIpc) is 2.55. The molecule has 0 unspecified atom stereocenters. The summed E-state index contributed by atoms with van der Waals surface area (Å²) in [4.78, 5) is 23.2. The molecule has 25 heavy (non-hydrogen) atoms. The van der Waals surface area contributed by atoms with E-state index in [-0.39, 0.29) is 31.4 Å². The van der Waals surface area contributed by atoms with Crippen molar-refractivity contribution in [3.63, 3.8) is 0 Å². The number of hydrogen-bond acceptors (Lipinski definition) is 4. The van der Waals surface area contributed by atoms with Gasteiger partial charge >= 0.3 is 6.18 Å². The van der Waals surface area contributed by atoms with E-state index in [1.807, 2.05) is 0 Å². The van der Waals surface area contributed by atoms with Crippen molar-refractivity contribution in [2.24, 2.45) is 11.7 Å². The third kappa shape index (κ3) is 7.42. The Balaban J connectivity index is 2.29. The molecule has 1 aromatic rings. The SMILES string of the molecule is CC(C)[C@H](N)C(=O)NCC(=O)NCCOc1cccc(C(F)(F)F)c1. The van der Waals surface area contributed by atoms with E-state index in [1.54, 1.807) is 13.8 Å². The van der Waals surface area contributed by atoms with Gasteiger partial charge in [-0.05, 0) is 24.1 Å². The van der Waals surface area contributed by atoms with Crippen LogP contribution in [0.25, 0.3) is 0 Å². The number of amides is 2. The maximum atomic E-state index is 12.6. The first kappa shape index (κ1) is 20.8. The van der Waals surface area contributed by atoms with E-state index in [1.165, 1.54) is 12.1 Å². The molecule has 4 N–H and O–H groups in total. The standard InChI is InChI=1S/C16H22F3N3O3/c1-10(2)14(20)15(24)22-9-13(23)21-6-7-25-12-5-3-4-11(8-12)16(17,18)19/h3-5,8,10,14H,6-7,9,20H2,1-2H3,(H,21,23)(H,22,24)/t14-/m0/s1. The molecule has 0 fully saturated rings. The van der Waals surface area contributed by atoms with Gasteiger partial charge in [0.1, 0.15) is 12.4 Å². The van der Waals surface area contributed by atoms with E-state index in [9.17, 15) is 22.8 Å². The predicted octanol–water partition coefficient (Wildman–Crippen LogP) is 1.30. The van der Waals surface area contributed by atoms with Gasteiger partial charge in [0.05, 0.1) is 24.7 Å². The summed E-state index contributed by atoms with van der Waals surface area (Å²) in [6.45, 7) is 3.42. The molecule has 0 saturated heterocycles. The average molecular weight is 361 g/mol. The van der Waals surface area contributed by atoms with E-state index in [4.69, 9.17) is 10.5 Å². The molecule has 0 aliphatic rings. The van der Waals surface area contributed by atoms with Gasteiger partial charge in [0, 0.05) is 0 Å².